The Bertz CT molecular complexity index is 183. The summed E-state index contributed by atoms with van der Waals surface area (Å²) < 4.78 is 0. The zero-order valence-electron chi connectivity index (χ0n) is 7.43. The van der Waals surface area contributed by atoms with Crippen molar-refractivity contribution in [1.29, 1.82) is 0 Å². The van der Waals surface area contributed by atoms with E-state index in [4.69, 9.17) is 0 Å². The van der Waals surface area contributed by atoms with Gasteiger partial charge in [0.2, 0.25) is 0 Å². The Kier molecular flexibility index (Phi) is 3.41. The average Bonchev–Trinajstić information content (AvgIpc) is 2.56. The van der Waals surface area contributed by atoms with E-state index in [1.807, 2.05) is 0 Å². The monoisotopic (exact) mass is 169 g/mol. The quantitative estimate of drug-likeness (QED) is 0.629. The summed E-state index contributed by atoms with van der Waals surface area (Å²) in [7, 11) is 0. The van der Waals surface area contributed by atoms with Crippen LogP contribution in [-0.2, 0) is 9.59 Å². The second-order valence-electron chi connectivity index (χ2n) is 3.18. The van der Waals surface area contributed by atoms with Crippen LogP contribution in [0.2, 0.25) is 0 Å². The molecule has 3 nitrogen and oxygen atoms in total. The highest BCUT2D eigenvalue weighted by atomic mass is 16.1. The van der Waals surface area contributed by atoms with Gasteiger partial charge in [-0.05, 0) is 19.4 Å². The molecule has 1 heterocycles. The van der Waals surface area contributed by atoms with Crippen LogP contribution in [0.15, 0.2) is 0 Å². The minimum atomic E-state index is -0.0412. The van der Waals surface area contributed by atoms with Gasteiger partial charge in [0.1, 0.15) is 5.78 Å². The van der Waals surface area contributed by atoms with Crippen LogP contribution >= 0.6 is 0 Å². The van der Waals surface area contributed by atoms with Crippen molar-refractivity contribution in [3.05, 3.63) is 0 Å². The Hall–Kier alpha value is -0.700. The Morgan fingerprint density at radius 3 is 2.75 bits per heavy atom. The molecule has 0 saturated carbocycles. The fourth-order valence-electron chi connectivity index (χ4n) is 1.40. The van der Waals surface area contributed by atoms with Crippen molar-refractivity contribution >= 4 is 11.6 Å². The molecule has 0 spiro atoms. The number of ketones is 2. The maximum absolute atomic E-state index is 11.3. The van der Waals surface area contributed by atoms with Gasteiger partial charge in [-0.2, -0.15) is 0 Å². The summed E-state index contributed by atoms with van der Waals surface area (Å²) in [5.41, 5.74) is 0. The summed E-state index contributed by atoms with van der Waals surface area (Å²) in [6, 6.07) is -0.0412. The van der Waals surface area contributed by atoms with Crippen LogP contribution in [-0.4, -0.2) is 24.2 Å². The fourth-order valence-corrected chi connectivity index (χ4v) is 1.40. The summed E-state index contributed by atoms with van der Waals surface area (Å²) in [6.07, 6.45) is 2.54. The van der Waals surface area contributed by atoms with Crippen LogP contribution in [0.3, 0.4) is 0 Å². The summed E-state index contributed by atoms with van der Waals surface area (Å²) in [5.74, 6) is 0.119. The molecule has 0 aromatic rings. The van der Waals surface area contributed by atoms with Gasteiger partial charge < -0.3 is 5.32 Å². The van der Waals surface area contributed by atoms with E-state index in [1.165, 1.54) is 0 Å². The zero-order valence-corrected chi connectivity index (χ0v) is 7.43. The van der Waals surface area contributed by atoms with Gasteiger partial charge in [0, 0.05) is 6.42 Å². The van der Waals surface area contributed by atoms with Gasteiger partial charge in [-0.1, -0.05) is 6.92 Å². The number of nitrogens with one attached hydrogen (secondary N) is 1. The standard InChI is InChI=1S/C9H15NO2/c1-2-7(11)6-9(12)8-4-3-5-10-8/h8,10H,2-6H2,1H3. The van der Waals surface area contributed by atoms with Gasteiger partial charge in [-0.3, -0.25) is 9.59 Å². The first-order valence-corrected chi connectivity index (χ1v) is 4.52. The lowest BCUT2D eigenvalue weighted by Crippen LogP contribution is -2.31. The molecule has 1 N–H and O–H groups in total. The molecule has 3 heteroatoms. The van der Waals surface area contributed by atoms with Gasteiger partial charge >= 0.3 is 0 Å². The molecule has 1 fully saturated rings. The van der Waals surface area contributed by atoms with Crippen LogP contribution in [0, 0.1) is 0 Å². The van der Waals surface area contributed by atoms with Crippen molar-refractivity contribution in [3.63, 3.8) is 0 Å². The van der Waals surface area contributed by atoms with Gasteiger partial charge in [0.15, 0.2) is 5.78 Å². The number of hydrogen-bond donors (Lipinski definition) is 1. The molecule has 1 aliphatic heterocycles. The van der Waals surface area contributed by atoms with Crippen molar-refractivity contribution in [3.8, 4) is 0 Å². The van der Waals surface area contributed by atoms with E-state index < -0.39 is 0 Å². The molecule has 0 bridgehead atoms. The smallest absolute Gasteiger partial charge is 0.157 e. The van der Waals surface area contributed by atoms with E-state index in [0.717, 1.165) is 19.4 Å². The third kappa shape index (κ3) is 2.41. The molecule has 0 amide bonds. The number of hydrogen-bond acceptors (Lipinski definition) is 3. The Labute approximate surface area is 72.5 Å². The zero-order chi connectivity index (χ0) is 8.97. The largest absolute Gasteiger partial charge is 0.307 e. The van der Waals surface area contributed by atoms with Gasteiger partial charge in [0.25, 0.3) is 0 Å². The van der Waals surface area contributed by atoms with Crippen molar-refractivity contribution in [1.82, 2.24) is 5.32 Å². The topological polar surface area (TPSA) is 46.2 Å². The summed E-state index contributed by atoms with van der Waals surface area (Å²) in [6.45, 7) is 2.70. The Balaban J connectivity index is 2.32. The van der Waals surface area contributed by atoms with Crippen LogP contribution < -0.4 is 5.32 Å². The minimum Gasteiger partial charge on any atom is -0.307 e. The van der Waals surface area contributed by atoms with E-state index in [1.54, 1.807) is 6.92 Å². The van der Waals surface area contributed by atoms with Crippen molar-refractivity contribution in [2.24, 2.45) is 0 Å². The maximum Gasteiger partial charge on any atom is 0.157 e. The van der Waals surface area contributed by atoms with E-state index in [9.17, 15) is 9.59 Å². The molecule has 0 aliphatic carbocycles. The predicted octanol–water partition coefficient (Wildman–Crippen LogP) is 0.677. The number of carbonyl (C=O) groups is 2. The molecule has 0 radical (unpaired) electrons. The second-order valence-corrected chi connectivity index (χ2v) is 3.18. The van der Waals surface area contributed by atoms with Crippen LogP contribution in [0.25, 0.3) is 0 Å². The highest BCUT2D eigenvalue weighted by Gasteiger charge is 2.22. The van der Waals surface area contributed by atoms with Crippen LogP contribution in [0.4, 0.5) is 0 Å². The molecule has 1 rings (SSSR count). The van der Waals surface area contributed by atoms with Crippen molar-refractivity contribution in [2.75, 3.05) is 6.54 Å². The van der Waals surface area contributed by atoms with Crippen molar-refractivity contribution in [2.45, 2.75) is 38.6 Å². The molecule has 1 unspecified atom stereocenters. The molecule has 68 valence electrons. The van der Waals surface area contributed by atoms with Gasteiger partial charge in [-0.25, -0.2) is 0 Å². The first-order valence-electron chi connectivity index (χ1n) is 4.52. The molecule has 0 aromatic heterocycles. The van der Waals surface area contributed by atoms with Crippen LogP contribution in [0.5, 0.6) is 0 Å². The number of carbonyl (C=O) groups excluding carboxylic acids is 2. The van der Waals surface area contributed by atoms with E-state index in [2.05, 4.69) is 5.32 Å². The molecule has 1 aliphatic rings. The maximum atomic E-state index is 11.3. The van der Waals surface area contributed by atoms with Gasteiger partial charge in [0.05, 0.1) is 12.5 Å². The third-order valence-electron chi connectivity index (χ3n) is 2.21. The lowest BCUT2D eigenvalue weighted by Gasteiger charge is -2.06. The predicted molar refractivity (Wildman–Crippen MR) is 45.9 cm³/mol. The SMILES string of the molecule is CCC(=O)CC(=O)C1CCCN1. The molecule has 1 saturated heterocycles. The Morgan fingerprint density at radius 2 is 2.25 bits per heavy atom. The molecule has 1 atom stereocenters. The van der Waals surface area contributed by atoms with E-state index in [-0.39, 0.29) is 24.0 Å². The highest BCUT2D eigenvalue weighted by molar-refractivity contribution is 6.01. The molecule has 0 aromatic carbocycles. The number of Topliss-reactive ketones (excluding diaryl/α,β-unsaturated/α-hetero) is 2. The lowest BCUT2D eigenvalue weighted by atomic mass is 10.0. The van der Waals surface area contributed by atoms with Crippen LogP contribution in [0.1, 0.15) is 32.6 Å². The van der Waals surface area contributed by atoms with E-state index in [0.29, 0.717) is 6.42 Å². The summed E-state index contributed by atoms with van der Waals surface area (Å²) in [5, 5.41) is 3.08. The Morgan fingerprint density at radius 1 is 1.50 bits per heavy atom. The first kappa shape index (κ1) is 9.39. The average molecular weight is 169 g/mol. The first-order chi connectivity index (χ1) is 5.74. The minimum absolute atomic E-state index is 0.0412. The molecule has 12 heavy (non-hydrogen) atoms. The van der Waals surface area contributed by atoms with Gasteiger partial charge in [-0.15, -0.1) is 0 Å². The normalized spacial score (nSPS) is 22.6. The summed E-state index contributed by atoms with van der Waals surface area (Å²) in [4.78, 5) is 22.3. The highest BCUT2D eigenvalue weighted by Crippen LogP contribution is 2.08. The molecular formula is C9H15NO2. The lowest BCUT2D eigenvalue weighted by molar-refractivity contribution is -0.127. The number of rotatable bonds is 4. The third-order valence-corrected chi connectivity index (χ3v) is 2.21. The van der Waals surface area contributed by atoms with Crippen molar-refractivity contribution < 1.29 is 9.59 Å². The van der Waals surface area contributed by atoms with E-state index >= 15 is 0 Å². The fraction of sp³-hybridized carbons (Fsp3) is 0.778. The second kappa shape index (κ2) is 4.36. The summed E-state index contributed by atoms with van der Waals surface area (Å²) >= 11 is 0. The molecular weight excluding hydrogens is 154 g/mol.